The number of hydrogen-bond donors (Lipinski definition) is 1. The third-order valence-electron chi connectivity index (χ3n) is 3.19. The molecule has 0 aliphatic heterocycles. The lowest BCUT2D eigenvalue weighted by atomic mass is 10.2. The first-order valence-electron chi connectivity index (χ1n) is 6.83. The van der Waals surface area contributed by atoms with Crippen LogP contribution in [0.5, 0.6) is 0 Å². The second-order valence-electron chi connectivity index (χ2n) is 4.92. The highest BCUT2D eigenvalue weighted by molar-refractivity contribution is 7.21. The number of nitrogens with zero attached hydrogens (tertiary/aromatic N) is 2. The zero-order valence-corrected chi connectivity index (χ0v) is 12.9. The molecule has 0 spiro atoms. The van der Waals surface area contributed by atoms with Gasteiger partial charge in [0.1, 0.15) is 17.0 Å². The van der Waals surface area contributed by atoms with Crippen molar-refractivity contribution in [3.8, 4) is 10.4 Å². The van der Waals surface area contributed by atoms with Gasteiger partial charge in [0, 0.05) is 18.0 Å². The quantitative estimate of drug-likeness (QED) is 0.778. The number of benzene rings is 1. The van der Waals surface area contributed by atoms with E-state index in [4.69, 9.17) is 4.74 Å². The summed E-state index contributed by atoms with van der Waals surface area (Å²) in [5, 5.41) is 4.44. The van der Waals surface area contributed by atoms with Gasteiger partial charge in [-0.1, -0.05) is 30.3 Å². The minimum absolute atomic E-state index is 0.202. The van der Waals surface area contributed by atoms with Gasteiger partial charge in [0.15, 0.2) is 0 Å². The van der Waals surface area contributed by atoms with E-state index in [0.717, 1.165) is 16.0 Å². The monoisotopic (exact) mass is 299 g/mol. The summed E-state index contributed by atoms with van der Waals surface area (Å²) in [5.74, 6) is 0.864. The predicted molar refractivity (Wildman–Crippen MR) is 87.8 cm³/mol. The number of methoxy groups -OCH3 is 1. The molecule has 0 fully saturated rings. The normalized spacial score (nSPS) is 12.5. The highest BCUT2D eigenvalue weighted by Gasteiger charge is 2.11. The Morgan fingerprint density at radius 3 is 2.81 bits per heavy atom. The topological polar surface area (TPSA) is 47.0 Å². The Labute approximate surface area is 127 Å². The number of aromatic nitrogens is 2. The predicted octanol–water partition coefficient (Wildman–Crippen LogP) is 3.81. The van der Waals surface area contributed by atoms with Gasteiger partial charge >= 0.3 is 0 Å². The number of anilines is 1. The SMILES string of the molecule is COCC(C)Nc1ncnc2sc(-c3ccccc3)cc12. The van der Waals surface area contributed by atoms with Crippen LogP contribution in [0.4, 0.5) is 5.82 Å². The molecule has 108 valence electrons. The number of ether oxygens (including phenoxy) is 1. The third-order valence-corrected chi connectivity index (χ3v) is 4.28. The average Bonchev–Trinajstić information content (AvgIpc) is 2.94. The fourth-order valence-corrected chi connectivity index (χ4v) is 3.24. The molecule has 0 aliphatic carbocycles. The molecule has 0 amide bonds. The van der Waals surface area contributed by atoms with Crippen molar-refractivity contribution in [2.75, 3.05) is 19.0 Å². The van der Waals surface area contributed by atoms with Crippen LogP contribution in [0.2, 0.25) is 0 Å². The van der Waals surface area contributed by atoms with Gasteiger partial charge in [-0.25, -0.2) is 9.97 Å². The first-order chi connectivity index (χ1) is 10.3. The molecule has 3 rings (SSSR count). The van der Waals surface area contributed by atoms with Crippen molar-refractivity contribution < 1.29 is 4.74 Å². The fourth-order valence-electron chi connectivity index (χ4n) is 2.24. The highest BCUT2D eigenvalue weighted by Crippen LogP contribution is 2.34. The molecule has 0 aliphatic rings. The van der Waals surface area contributed by atoms with E-state index in [9.17, 15) is 0 Å². The minimum Gasteiger partial charge on any atom is -0.383 e. The number of fused-ring (bicyclic) bond motifs is 1. The van der Waals surface area contributed by atoms with E-state index in [-0.39, 0.29) is 6.04 Å². The Morgan fingerprint density at radius 1 is 1.24 bits per heavy atom. The zero-order valence-electron chi connectivity index (χ0n) is 12.0. The second-order valence-corrected chi connectivity index (χ2v) is 5.95. The molecule has 0 radical (unpaired) electrons. The maximum atomic E-state index is 5.16. The van der Waals surface area contributed by atoms with Crippen LogP contribution in [0.25, 0.3) is 20.7 Å². The van der Waals surface area contributed by atoms with Crippen molar-refractivity contribution in [3.63, 3.8) is 0 Å². The zero-order chi connectivity index (χ0) is 14.7. The van der Waals surface area contributed by atoms with Crippen molar-refractivity contribution in [1.29, 1.82) is 0 Å². The van der Waals surface area contributed by atoms with Crippen LogP contribution in [0, 0.1) is 0 Å². The molecule has 5 heteroatoms. The van der Waals surface area contributed by atoms with Gasteiger partial charge in [0.2, 0.25) is 0 Å². The molecular formula is C16H17N3OS. The van der Waals surface area contributed by atoms with Gasteiger partial charge in [-0.3, -0.25) is 0 Å². The number of rotatable bonds is 5. The second kappa shape index (κ2) is 6.20. The molecule has 1 aromatic carbocycles. The van der Waals surface area contributed by atoms with E-state index in [1.807, 2.05) is 18.2 Å². The first-order valence-corrected chi connectivity index (χ1v) is 7.65. The van der Waals surface area contributed by atoms with E-state index in [1.165, 1.54) is 10.4 Å². The van der Waals surface area contributed by atoms with Gasteiger partial charge in [0.05, 0.1) is 12.0 Å². The molecule has 4 nitrogen and oxygen atoms in total. The van der Waals surface area contributed by atoms with Crippen molar-refractivity contribution in [2.24, 2.45) is 0 Å². The van der Waals surface area contributed by atoms with Gasteiger partial charge < -0.3 is 10.1 Å². The summed E-state index contributed by atoms with van der Waals surface area (Å²) in [4.78, 5) is 10.9. The number of hydrogen-bond acceptors (Lipinski definition) is 5. The molecule has 2 heterocycles. The van der Waals surface area contributed by atoms with Crippen molar-refractivity contribution >= 4 is 27.4 Å². The van der Waals surface area contributed by atoms with Crippen LogP contribution in [-0.4, -0.2) is 29.7 Å². The third kappa shape index (κ3) is 3.04. The molecule has 2 aromatic heterocycles. The Kier molecular flexibility index (Phi) is 4.13. The van der Waals surface area contributed by atoms with Gasteiger partial charge in [0.25, 0.3) is 0 Å². The summed E-state index contributed by atoms with van der Waals surface area (Å²) in [6, 6.07) is 12.7. The van der Waals surface area contributed by atoms with Crippen LogP contribution in [0.3, 0.4) is 0 Å². The van der Waals surface area contributed by atoms with E-state index in [0.29, 0.717) is 6.61 Å². The van der Waals surface area contributed by atoms with Gasteiger partial charge in [-0.2, -0.15) is 0 Å². The Balaban J connectivity index is 1.98. The average molecular weight is 299 g/mol. The fraction of sp³-hybridized carbons (Fsp3) is 0.250. The van der Waals surface area contributed by atoms with E-state index < -0.39 is 0 Å². The van der Waals surface area contributed by atoms with Crippen LogP contribution >= 0.6 is 11.3 Å². The summed E-state index contributed by atoms with van der Waals surface area (Å²) < 4.78 is 5.16. The van der Waals surface area contributed by atoms with Crippen molar-refractivity contribution in [2.45, 2.75) is 13.0 Å². The molecule has 0 bridgehead atoms. The Morgan fingerprint density at radius 2 is 2.05 bits per heavy atom. The van der Waals surface area contributed by atoms with Crippen LogP contribution in [0.15, 0.2) is 42.7 Å². The summed E-state index contributed by atoms with van der Waals surface area (Å²) in [5.41, 5.74) is 1.20. The number of nitrogens with one attached hydrogen (secondary N) is 1. The van der Waals surface area contributed by atoms with E-state index >= 15 is 0 Å². The lowest BCUT2D eigenvalue weighted by Crippen LogP contribution is -2.21. The van der Waals surface area contributed by atoms with E-state index in [2.05, 4.69) is 40.4 Å². The summed E-state index contributed by atoms with van der Waals surface area (Å²) in [6.45, 7) is 2.71. The summed E-state index contributed by atoms with van der Waals surface area (Å²) in [7, 11) is 1.70. The molecule has 3 aromatic rings. The molecule has 21 heavy (non-hydrogen) atoms. The van der Waals surface area contributed by atoms with Crippen LogP contribution in [0.1, 0.15) is 6.92 Å². The Hall–Kier alpha value is -1.98. The van der Waals surface area contributed by atoms with Crippen LogP contribution in [-0.2, 0) is 4.74 Å². The molecule has 1 atom stereocenters. The van der Waals surface area contributed by atoms with Crippen molar-refractivity contribution in [3.05, 3.63) is 42.7 Å². The lowest BCUT2D eigenvalue weighted by molar-refractivity contribution is 0.190. The summed E-state index contributed by atoms with van der Waals surface area (Å²) in [6.07, 6.45) is 1.61. The Bertz CT molecular complexity index is 727. The molecule has 0 saturated heterocycles. The summed E-state index contributed by atoms with van der Waals surface area (Å²) >= 11 is 1.68. The number of thiophene rings is 1. The molecular weight excluding hydrogens is 282 g/mol. The van der Waals surface area contributed by atoms with Crippen LogP contribution < -0.4 is 5.32 Å². The molecule has 1 unspecified atom stereocenters. The lowest BCUT2D eigenvalue weighted by Gasteiger charge is -2.13. The highest BCUT2D eigenvalue weighted by atomic mass is 32.1. The standard InChI is InChI=1S/C16H17N3OS/c1-11(9-20-2)19-15-13-8-14(12-6-4-3-5-7-12)21-16(13)18-10-17-15/h3-8,10-11H,9H2,1-2H3,(H,17,18,19). The molecule has 0 saturated carbocycles. The largest absolute Gasteiger partial charge is 0.383 e. The smallest absolute Gasteiger partial charge is 0.138 e. The molecule has 1 N–H and O–H groups in total. The minimum atomic E-state index is 0.202. The van der Waals surface area contributed by atoms with Crippen molar-refractivity contribution in [1.82, 2.24) is 9.97 Å². The first kappa shape index (κ1) is 14.0. The van der Waals surface area contributed by atoms with Gasteiger partial charge in [-0.15, -0.1) is 11.3 Å². The maximum Gasteiger partial charge on any atom is 0.138 e. The van der Waals surface area contributed by atoms with Gasteiger partial charge in [-0.05, 0) is 18.6 Å². The van der Waals surface area contributed by atoms with E-state index in [1.54, 1.807) is 24.8 Å². The maximum absolute atomic E-state index is 5.16.